The molecule has 0 atom stereocenters. The zero-order valence-electron chi connectivity index (χ0n) is 24.5. The lowest BCUT2D eigenvalue weighted by atomic mass is 9.95. The Morgan fingerprint density at radius 1 is 0.930 bits per heavy atom. The van der Waals surface area contributed by atoms with E-state index in [0.717, 1.165) is 69.3 Å². The molecular formula is C34H32N4O4S. The van der Waals surface area contributed by atoms with Crippen LogP contribution in [0.15, 0.2) is 60.2 Å². The van der Waals surface area contributed by atoms with Crippen LogP contribution < -0.4 is 15.5 Å². The Morgan fingerprint density at radius 3 is 2.35 bits per heavy atom. The number of carbonyl (C=O) groups excluding carboxylic acids is 4. The van der Waals surface area contributed by atoms with E-state index in [4.69, 9.17) is 0 Å². The summed E-state index contributed by atoms with van der Waals surface area (Å²) in [5.74, 6) is -1.58. The van der Waals surface area contributed by atoms with E-state index in [9.17, 15) is 19.2 Å². The van der Waals surface area contributed by atoms with E-state index in [1.165, 1.54) is 11.0 Å². The number of thiophene rings is 1. The smallest absolute Gasteiger partial charge is 0.322 e. The lowest BCUT2D eigenvalue weighted by Crippen LogP contribution is -2.54. The number of anilines is 2. The molecule has 9 heteroatoms. The summed E-state index contributed by atoms with van der Waals surface area (Å²) < 4.78 is 2.04. The van der Waals surface area contributed by atoms with Crippen molar-refractivity contribution < 1.29 is 19.2 Å². The van der Waals surface area contributed by atoms with Crippen molar-refractivity contribution in [3.63, 3.8) is 0 Å². The normalized spacial score (nSPS) is 16.0. The number of aryl methyl sites for hydroxylation is 4. The van der Waals surface area contributed by atoms with Crippen LogP contribution in [-0.2, 0) is 22.4 Å². The van der Waals surface area contributed by atoms with Gasteiger partial charge < -0.3 is 9.88 Å². The molecule has 0 radical (unpaired) electrons. The van der Waals surface area contributed by atoms with Crippen molar-refractivity contribution in [2.75, 3.05) is 10.2 Å². The predicted octanol–water partition coefficient (Wildman–Crippen LogP) is 6.57. The Labute approximate surface area is 254 Å². The number of para-hydroxylation sites is 1. The van der Waals surface area contributed by atoms with E-state index in [1.807, 2.05) is 74.7 Å². The molecule has 1 aliphatic heterocycles. The minimum atomic E-state index is -0.777. The highest BCUT2D eigenvalue weighted by Crippen LogP contribution is 2.39. The molecule has 0 unspecified atom stereocenters. The Balaban J connectivity index is 1.42. The number of barbiturate groups is 1. The van der Waals surface area contributed by atoms with Gasteiger partial charge in [0.05, 0.1) is 11.3 Å². The number of hydrogen-bond donors (Lipinski definition) is 2. The van der Waals surface area contributed by atoms with Crippen LogP contribution in [0.3, 0.4) is 0 Å². The number of aromatic nitrogens is 1. The third-order valence-corrected chi connectivity index (χ3v) is 9.23. The second kappa shape index (κ2) is 11.1. The minimum absolute atomic E-state index is 0.133. The van der Waals surface area contributed by atoms with Crippen LogP contribution in [0, 0.1) is 27.7 Å². The van der Waals surface area contributed by atoms with Gasteiger partial charge in [0.2, 0.25) is 0 Å². The largest absolute Gasteiger partial charge is 0.335 e. The summed E-state index contributed by atoms with van der Waals surface area (Å²) in [5, 5.41) is 6.21. The molecule has 0 saturated carbocycles. The van der Waals surface area contributed by atoms with Gasteiger partial charge in [-0.2, -0.15) is 0 Å². The van der Waals surface area contributed by atoms with Crippen molar-refractivity contribution >= 4 is 52.5 Å². The second-order valence-electron chi connectivity index (χ2n) is 11.2. The first-order chi connectivity index (χ1) is 20.6. The van der Waals surface area contributed by atoms with Crippen LogP contribution >= 0.6 is 11.3 Å². The number of nitrogens with zero attached hydrogens (tertiary/aromatic N) is 2. The molecule has 2 N–H and O–H groups in total. The molecule has 218 valence electrons. The first kappa shape index (κ1) is 28.4. The quantitative estimate of drug-likeness (QED) is 0.202. The highest BCUT2D eigenvalue weighted by Gasteiger charge is 2.37. The average molecular weight is 593 g/mol. The topological polar surface area (TPSA) is 101 Å². The van der Waals surface area contributed by atoms with Gasteiger partial charge in [0.1, 0.15) is 10.6 Å². The molecule has 0 bridgehead atoms. The van der Waals surface area contributed by atoms with Crippen molar-refractivity contribution in [2.45, 2.75) is 53.4 Å². The fourth-order valence-electron chi connectivity index (χ4n) is 6.03. The first-order valence-corrected chi connectivity index (χ1v) is 15.1. The number of fused-ring (bicyclic) bond motifs is 1. The lowest BCUT2D eigenvalue weighted by Gasteiger charge is -2.27. The van der Waals surface area contributed by atoms with Gasteiger partial charge in [-0.1, -0.05) is 24.3 Å². The zero-order valence-corrected chi connectivity index (χ0v) is 25.4. The van der Waals surface area contributed by atoms with Gasteiger partial charge in [0, 0.05) is 22.0 Å². The number of rotatable bonds is 5. The molecule has 1 aliphatic carbocycles. The number of urea groups is 1. The Kier molecular flexibility index (Phi) is 7.35. The molecule has 5 amide bonds. The van der Waals surface area contributed by atoms with E-state index in [2.05, 4.69) is 10.6 Å². The zero-order chi connectivity index (χ0) is 30.4. The third kappa shape index (κ3) is 5.21. The lowest BCUT2D eigenvalue weighted by molar-refractivity contribution is -0.122. The fraction of sp³-hybridized carbons (Fsp3) is 0.235. The van der Waals surface area contributed by atoms with Gasteiger partial charge in [-0.15, -0.1) is 11.3 Å². The molecule has 8 nitrogen and oxygen atoms in total. The molecule has 4 aromatic rings. The van der Waals surface area contributed by atoms with Gasteiger partial charge in [0.25, 0.3) is 17.7 Å². The van der Waals surface area contributed by atoms with E-state index >= 15 is 0 Å². The molecule has 2 aromatic carbocycles. The van der Waals surface area contributed by atoms with Crippen LogP contribution in [0.2, 0.25) is 0 Å². The summed E-state index contributed by atoms with van der Waals surface area (Å²) in [6, 6.07) is 16.0. The van der Waals surface area contributed by atoms with Crippen LogP contribution in [-0.4, -0.2) is 28.3 Å². The maximum atomic E-state index is 13.8. The molecule has 1 saturated heterocycles. The number of hydrogen-bond acceptors (Lipinski definition) is 5. The van der Waals surface area contributed by atoms with Crippen molar-refractivity contribution in [1.29, 1.82) is 0 Å². The summed E-state index contributed by atoms with van der Waals surface area (Å²) in [6.45, 7) is 7.63. The van der Waals surface area contributed by atoms with Gasteiger partial charge in [-0.3, -0.25) is 19.7 Å². The second-order valence-corrected chi connectivity index (χ2v) is 12.3. The molecule has 0 spiro atoms. The van der Waals surface area contributed by atoms with E-state index < -0.39 is 17.8 Å². The first-order valence-electron chi connectivity index (χ1n) is 14.3. The molecular weight excluding hydrogens is 560 g/mol. The van der Waals surface area contributed by atoms with Crippen molar-refractivity contribution in [2.24, 2.45) is 0 Å². The van der Waals surface area contributed by atoms with Gasteiger partial charge in [-0.25, -0.2) is 9.69 Å². The summed E-state index contributed by atoms with van der Waals surface area (Å²) in [4.78, 5) is 55.3. The van der Waals surface area contributed by atoms with E-state index in [0.29, 0.717) is 16.8 Å². The number of benzene rings is 2. The minimum Gasteiger partial charge on any atom is -0.322 e. The molecule has 6 rings (SSSR count). The maximum absolute atomic E-state index is 13.8. The van der Waals surface area contributed by atoms with Gasteiger partial charge >= 0.3 is 6.03 Å². The number of nitrogens with one attached hydrogen (secondary N) is 2. The third-order valence-electron chi connectivity index (χ3n) is 7.95. The van der Waals surface area contributed by atoms with Gasteiger partial charge in [-0.05, 0) is 112 Å². The van der Waals surface area contributed by atoms with Gasteiger partial charge in [0.15, 0.2) is 0 Å². The van der Waals surface area contributed by atoms with E-state index in [-0.39, 0.29) is 11.5 Å². The van der Waals surface area contributed by atoms with Crippen molar-refractivity contribution in [1.82, 2.24) is 9.88 Å². The highest BCUT2D eigenvalue weighted by atomic mass is 32.1. The fourth-order valence-corrected chi connectivity index (χ4v) is 7.53. The maximum Gasteiger partial charge on any atom is 0.335 e. The summed E-state index contributed by atoms with van der Waals surface area (Å²) in [5.41, 5.74) is 6.86. The monoisotopic (exact) mass is 592 g/mol. The standard InChI is InChI=1S/C34H32N4O4S/c1-19-14-20(2)16-25(15-19)38-32(41)27(30(39)36-34(38)42)18-23-17-21(3)37(22(23)4)33-29(26-12-8-9-13-28(26)43-33)31(40)35-24-10-6-5-7-11-24/h5-7,10-11,14-18H,8-9,12-13H2,1-4H3,(H,35,40)(H,36,39,42)/b27-18+. The average Bonchev–Trinajstić information content (AvgIpc) is 3.46. The van der Waals surface area contributed by atoms with Crippen molar-refractivity contribution in [3.05, 3.63) is 104 Å². The van der Waals surface area contributed by atoms with Crippen LogP contribution in [0.1, 0.15) is 61.7 Å². The van der Waals surface area contributed by atoms with Crippen molar-refractivity contribution in [3.8, 4) is 5.00 Å². The van der Waals surface area contributed by atoms with Crippen LogP contribution in [0.25, 0.3) is 11.1 Å². The summed E-state index contributed by atoms with van der Waals surface area (Å²) in [7, 11) is 0. The van der Waals surface area contributed by atoms with Crippen LogP contribution in [0.5, 0.6) is 0 Å². The molecule has 2 aromatic heterocycles. The predicted molar refractivity (Wildman–Crippen MR) is 169 cm³/mol. The molecule has 1 fully saturated rings. The summed E-state index contributed by atoms with van der Waals surface area (Å²) >= 11 is 1.63. The Hall–Kier alpha value is -4.76. The number of carbonyl (C=O) groups is 4. The van der Waals surface area contributed by atoms with Crippen LogP contribution in [0.4, 0.5) is 16.2 Å². The summed E-state index contributed by atoms with van der Waals surface area (Å²) in [6.07, 6.45) is 5.43. The molecule has 43 heavy (non-hydrogen) atoms. The highest BCUT2D eigenvalue weighted by molar-refractivity contribution is 7.15. The molecule has 3 heterocycles. The Bertz CT molecular complexity index is 1830. The SMILES string of the molecule is Cc1cc(C)cc(N2C(=O)NC(=O)/C(=C\c3cc(C)n(-c4sc5c(c4C(=O)Nc4ccccc4)CCCC5)c3C)C2=O)c1. The van der Waals surface area contributed by atoms with E-state index in [1.54, 1.807) is 23.5 Å². The molecule has 2 aliphatic rings. The number of imide groups is 2. The number of amides is 5. The Morgan fingerprint density at radius 2 is 1.63 bits per heavy atom.